The molecular weight excluding hydrogens is 190 g/mol. The lowest BCUT2D eigenvalue weighted by Crippen LogP contribution is -2.30. The molecule has 0 bridgehead atoms. The highest BCUT2D eigenvalue weighted by molar-refractivity contribution is 5.81. The molecule has 0 aliphatic carbocycles. The summed E-state index contributed by atoms with van der Waals surface area (Å²) in [7, 11) is 0. The van der Waals surface area contributed by atoms with Crippen LogP contribution in [0, 0.1) is 17.0 Å². The van der Waals surface area contributed by atoms with E-state index in [1.54, 1.807) is 6.92 Å². The van der Waals surface area contributed by atoms with Crippen molar-refractivity contribution in [2.45, 2.75) is 13.0 Å². The molecule has 0 aromatic heterocycles. The predicted molar refractivity (Wildman–Crippen MR) is 48.4 cm³/mol. The van der Waals surface area contributed by atoms with Crippen LogP contribution in [0.3, 0.4) is 0 Å². The van der Waals surface area contributed by atoms with Gasteiger partial charge < -0.3 is 10.5 Å². The summed E-state index contributed by atoms with van der Waals surface area (Å²) >= 11 is 0. The largest absolute Gasteiger partial charge is 0.483 e. The van der Waals surface area contributed by atoms with Crippen LogP contribution in [-0.4, -0.2) is 11.9 Å². The number of benzene rings is 1. The van der Waals surface area contributed by atoms with Gasteiger partial charge in [-0.15, -0.1) is 0 Å². The third-order valence-corrected chi connectivity index (χ3v) is 1.64. The molecule has 0 amide bonds. The van der Waals surface area contributed by atoms with Crippen LogP contribution in [0.1, 0.15) is 6.92 Å². The monoisotopic (exact) mass is 200 g/mol. The first kappa shape index (κ1) is 10.4. The smallest absolute Gasteiger partial charge is 0.162 e. The number of halogens is 2. The first-order valence-electron chi connectivity index (χ1n) is 3.96. The Kier molecular flexibility index (Phi) is 3.01. The van der Waals surface area contributed by atoms with Crippen LogP contribution in [0.15, 0.2) is 18.2 Å². The molecule has 1 aromatic carbocycles. The molecule has 3 N–H and O–H groups in total. The SMILES string of the molecule is CC(Oc1ccc(F)c(F)c1)C(=N)N. The Hall–Kier alpha value is -1.65. The standard InChI is InChI=1S/C9H10F2N2O/c1-5(9(12)13)14-6-2-3-7(10)8(11)4-6/h2-5H,1H3,(H3,12,13). The van der Waals surface area contributed by atoms with Crippen molar-refractivity contribution in [3.8, 4) is 5.75 Å². The second-order valence-corrected chi connectivity index (χ2v) is 2.79. The van der Waals surface area contributed by atoms with E-state index in [0.29, 0.717) is 0 Å². The molecule has 1 unspecified atom stereocenters. The van der Waals surface area contributed by atoms with E-state index >= 15 is 0 Å². The molecule has 0 heterocycles. The molecule has 0 radical (unpaired) electrons. The van der Waals surface area contributed by atoms with Gasteiger partial charge in [-0.2, -0.15) is 0 Å². The Labute approximate surface area is 80.0 Å². The zero-order valence-electron chi connectivity index (χ0n) is 7.55. The van der Waals surface area contributed by atoms with E-state index < -0.39 is 17.7 Å². The second kappa shape index (κ2) is 4.04. The molecule has 0 saturated heterocycles. The molecule has 76 valence electrons. The minimum atomic E-state index is -0.988. The number of ether oxygens (including phenoxy) is 1. The van der Waals surface area contributed by atoms with Gasteiger partial charge in [0.15, 0.2) is 17.7 Å². The van der Waals surface area contributed by atoms with Gasteiger partial charge in [-0.25, -0.2) is 8.78 Å². The molecule has 0 aliphatic rings. The Morgan fingerprint density at radius 2 is 2.07 bits per heavy atom. The summed E-state index contributed by atoms with van der Waals surface area (Å²) in [6.45, 7) is 1.55. The third kappa shape index (κ3) is 2.42. The lowest BCUT2D eigenvalue weighted by Gasteiger charge is -2.12. The summed E-state index contributed by atoms with van der Waals surface area (Å²) in [5.41, 5.74) is 5.14. The van der Waals surface area contributed by atoms with Gasteiger partial charge in [0, 0.05) is 6.07 Å². The van der Waals surface area contributed by atoms with Crippen LogP contribution in [0.5, 0.6) is 5.75 Å². The zero-order valence-corrected chi connectivity index (χ0v) is 7.55. The van der Waals surface area contributed by atoms with Crippen LogP contribution >= 0.6 is 0 Å². The molecule has 3 nitrogen and oxygen atoms in total. The van der Waals surface area contributed by atoms with E-state index in [2.05, 4.69) is 0 Å². The number of rotatable bonds is 3. The summed E-state index contributed by atoms with van der Waals surface area (Å²) in [4.78, 5) is 0. The Bertz CT molecular complexity index is 355. The Morgan fingerprint density at radius 3 is 2.57 bits per heavy atom. The van der Waals surface area contributed by atoms with Gasteiger partial charge in [-0.1, -0.05) is 0 Å². The molecular formula is C9H10F2N2O. The minimum absolute atomic E-state index is 0.145. The maximum atomic E-state index is 12.7. The normalized spacial score (nSPS) is 12.2. The van der Waals surface area contributed by atoms with E-state index in [0.717, 1.165) is 12.1 Å². The fraction of sp³-hybridized carbons (Fsp3) is 0.222. The number of amidine groups is 1. The van der Waals surface area contributed by atoms with Gasteiger partial charge in [0.05, 0.1) is 0 Å². The maximum absolute atomic E-state index is 12.7. The number of nitrogens with two attached hydrogens (primary N) is 1. The molecule has 14 heavy (non-hydrogen) atoms. The first-order valence-corrected chi connectivity index (χ1v) is 3.96. The Balaban J connectivity index is 2.78. The molecule has 0 fully saturated rings. The topological polar surface area (TPSA) is 59.1 Å². The predicted octanol–water partition coefficient (Wildman–Crippen LogP) is 1.67. The fourth-order valence-corrected chi connectivity index (χ4v) is 0.818. The average molecular weight is 200 g/mol. The van der Waals surface area contributed by atoms with Crippen LogP contribution in [-0.2, 0) is 0 Å². The van der Waals surface area contributed by atoms with E-state index in [4.69, 9.17) is 15.9 Å². The van der Waals surface area contributed by atoms with Crippen molar-refractivity contribution < 1.29 is 13.5 Å². The quantitative estimate of drug-likeness (QED) is 0.576. The highest BCUT2D eigenvalue weighted by atomic mass is 19.2. The van der Waals surface area contributed by atoms with Crippen molar-refractivity contribution >= 4 is 5.84 Å². The van der Waals surface area contributed by atoms with Gasteiger partial charge in [-0.3, -0.25) is 5.41 Å². The van der Waals surface area contributed by atoms with Crippen molar-refractivity contribution in [3.63, 3.8) is 0 Å². The number of nitrogens with one attached hydrogen (secondary N) is 1. The minimum Gasteiger partial charge on any atom is -0.483 e. The van der Waals surface area contributed by atoms with Gasteiger partial charge in [0.1, 0.15) is 11.6 Å². The number of hydrogen-bond donors (Lipinski definition) is 2. The van der Waals surface area contributed by atoms with E-state index in [1.165, 1.54) is 6.07 Å². The Morgan fingerprint density at radius 1 is 1.43 bits per heavy atom. The highest BCUT2D eigenvalue weighted by Crippen LogP contribution is 2.16. The third-order valence-electron chi connectivity index (χ3n) is 1.64. The van der Waals surface area contributed by atoms with Gasteiger partial charge in [0.25, 0.3) is 0 Å². The molecule has 0 saturated carbocycles. The summed E-state index contributed by atoms with van der Waals surface area (Å²) < 4.78 is 30.2. The summed E-state index contributed by atoms with van der Waals surface area (Å²) in [6, 6.07) is 3.14. The summed E-state index contributed by atoms with van der Waals surface area (Å²) in [5.74, 6) is -1.95. The molecule has 5 heteroatoms. The molecule has 0 spiro atoms. The summed E-state index contributed by atoms with van der Waals surface area (Å²) in [5, 5.41) is 7.03. The van der Waals surface area contributed by atoms with Crippen molar-refractivity contribution in [1.82, 2.24) is 0 Å². The fourth-order valence-electron chi connectivity index (χ4n) is 0.818. The van der Waals surface area contributed by atoms with Crippen molar-refractivity contribution in [2.24, 2.45) is 5.73 Å². The van der Waals surface area contributed by atoms with Gasteiger partial charge in [-0.05, 0) is 19.1 Å². The first-order chi connectivity index (χ1) is 6.50. The lowest BCUT2D eigenvalue weighted by molar-refractivity contribution is 0.282. The van der Waals surface area contributed by atoms with Crippen LogP contribution in [0.4, 0.5) is 8.78 Å². The maximum Gasteiger partial charge on any atom is 0.162 e. The van der Waals surface area contributed by atoms with E-state index in [1.807, 2.05) is 0 Å². The van der Waals surface area contributed by atoms with E-state index in [-0.39, 0.29) is 11.6 Å². The van der Waals surface area contributed by atoms with Crippen molar-refractivity contribution in [3.05, 3.63) is 29.8 Å². The highest BCUT2D eigenvalue weighted by Gasteiger charge is 2.09. The zero-order chi connectivity index (χ0) is 10.7. The molecule has 0 aliphatic heterocycles. The van der Waals surface area contributed by atoms with Crippen LogP contribution in [0.2, 0.25) is 0 Å². The number of hydrogen-bond acceptors (Lipinski definition) is 2. The van der Waals surface area contributed by atoms with Gasteiger partial charge in [0.2, 0.25) is 0 Å². The van der Waals surface area contributed by atoms with Crippen LogP contribution in [0.25, 0.3) is 0 Å². The molecule has 1 aromatic rings. The van der Waals surface area contributed by atoms with Crippen LogP contribution < -0.4 is 10.5 Å². The lowest BCUT2D eigenvalue weighted by atomic mass is 10.3. The van der Waals surface area contributed by atoms with Crippen molar-refractivity contribution in [2.75, 3.05) is 0 Å². The molecule has 1 atom stereocenters. The second-order valence-electron chi connectivity index (χ2n) is 2.79. The van der Waals surface area contributed by atoms with Crippen molar-refractivity contribution in [1.29, 1.82) is 5.41 Å². The summed E-state index contributed by atoms with van der Waals surface area (Å²) in [6.07, 6.45) is -0.653. The van der Waals surface area contributed by atoms with Gasteiger partial charge >= 0.3 is 0 Å². The van der Waals surface area contributed by atoms with E-state index in [9.17, 15) is 8.78 Å². The molecule has 1 rings (SSSR count). The average Bonchev–Trinajstić information content (AvgIpc) is 2.11.